The monoisotopic (exact) mass is 397 g/mol. The Morgan fingerprint density at radius 3 is 2.57 bits per heavy atom. The van der Waals surface area contributed by atoms with Crippen molar-refractivity contribution in [1.29, 1.82) is 0 Å². The summed E-state index contributed by atoms with van der Waals surface area (Å²) in [4.78, 5) is 12.3. The quantitative estimate of drug-likeness (QED) is 0.393. The molecule has 0 amide bonds. The van der Waals surface area contributed by atoms with Gasteiger partial charge >= 0.3 is 0 Å². The van der Waals surface area contributed by atoms with Gasteiger partial charge in [-0.2, -0.15) is 0 Å². The molecule has 0 aliphatic rings. The molecule has 3 aromatic rings. The van der Waals surface area contributed by atoms with Crippen molar-refractivity contribution in [3.05, 3.63) is 66.0 Å². The third kappa shape index (κ3) is 4.72. The summed E-state index contributed by atoms with van der Waals surface area (Å²) in [7, 11) is 1.62. The van der Waals surface area contributed by atoms with Crippen LogP contribution in [0.3, 0.4) is 0 Å². The lowest BCUT2D eigenvalue weighted by Gasteiger charge is -2.16. The van der Waals surface area contributed by atoms with Crippen LogP contribution < -0.4 is 9.47 Å². The lowest BCUT2D eigenvalue weighted by atomic mass is 10.2. The van der Waals surface area contributed by atoms with Crippen LogP contribution in [-0.2, 0) is 6.54 Å². The molecule has 2 aromatic carbocycles. The van der Waals surface area contributed by atoms with Crippen LogP contribution in [0, 0.1) is 0 Å². The van der Waals surface area contributed by atoms with Gasteiger partial charge in [0.1, 0.15) is 11.5 Å². The minimum Gasteiger partial charge on any atom is -0.497 e. The third-order valence-corrected chi connectivity index (χ3v) is 5.17. The van der Waals surface area contributed by atoms with Crippen LogP contribution in [0.1, 0.15) is 36.1 Å². The Kier molecular flexibility index (Phi) is 6.71. The number of Topliss-reactive ketones (excluding diaryl/α,β-unsaturated/α-hetero) is 1. The molecule has 146 valence electrons. The van der Waals surface area contributed by atoms with E-state index in [4.69, 9.17) is 9.47 Å². The molecule has 1 aromatic heterocycles. The van der Waals surface area contributed by atoms with Crippen molar-refractivity contribution in [2.75, 3.05) is 12.9 Å². The topological polar surface area (TPSA) is 66.2 Å². The van der Waals surface area contributed by atoms with Crippen LogP contribution in [0.15, 0.2) is 59.8 Å². The van der Waals surface area contributed by atoms with Crippen molar-refractivity contribution in [3.8, 4) is 11.5 Å². The van der Waals surface area contributed by atoms with Crippen LogP contribution in [0.25, 0.3) is 0 Å². The molecule has 0 N–H and O–H groups in total. The molecule has 3 rings (SSSR count). The Bertz CT molecular complexity index is 928. The van der Waals surface area contributed by atoms with Crippen molar-refractivity contribution in [3.63, 3.8) is 0 Å². The molecule has 1 unspecified atom stereocenters. The van der Waals surface area contributed by atoms with Crippen LogP contribution >= 0.6 is 11.8 Å². The van der Waals surface area contributed by atoms with Gasteiger partial charge in [-0.1, -0.05) is 48.2 Å². The molecule has 0 aliphatic carbocycles. The number of aromatic nitrogens is 3. The molecule has 6 nitrogen and oxygen atoms in total. The van der Waals surface area contributed by atoms with E-state index in [1.54, 1.807) is 7.11 Å². The summed E-state index contributed by atoms with van der Waals surface area (Å²) in [6.07, 6.45) is -0.293. The smallest absolute Gasteiger partial charge is 0.191 e. The number of benzene rings is 2. The summed E-state index contributed by atoms with van der Waals surface area (Å²) < 4.78 is 13.2. The van der Waals surface area contributed by atoms with Crippen molar-refractivity contribution < 1.29 is 14.3 Å². The zero-order valence-electron chi connectivity index (χ0n) is 16.2. The van der Waals surface area contributed by atoms with Gasteiger partial charge in [-0.05, 0) is 26.0 Å². The molecule has 0 radical (unpaired) electrons. The highest BCUT2D eigenvalue weighted by atomic mass is 32.2. The van der Waals surface area contributed by atoms with Gasteiger partial charge in [-0.15, -0.1) is 10.2 Å². The minimum atomic E-state index is -0.293. The first-order valence-corrected chi connectivity index (χ1v) is 10.1. The molecule has 0 spiro atoms. The van der Waals surface area contributed by atoms with Crippen LogP contribution in [0.4, 0.5) is 0 Å². The number of carbonyl (C=O) groups is 1. The zero-order valence-corrected chi connectivity index (χ0v) is 17.0. The normalized spacial score (nSPS) is 11.8. The molecule has 7 heteroatoms. The fraction of sp³-hybridized carbons (Fsp3) is 0.286. The predicted octanol–water partition coefficient (Wildman–Crippen LogP) is 4.42. The highest BCUT2D eigenvalue weighted by molar-refractivity contribution is 7.99. The first-order chi connectivity index (χ1) is 13.6. The molecule has 0 fully saturated rings. The maximum atomic E-state index is 12.3. The fourth-order valence-electron chi connectivity index (χ4n) is 2.77. The summed E-state index contributed by atoms with van der Waals surface area (Å²) in [5, 5.41) is 9.28. The average molecular weight is 398 g/mol. The third-order valence-electron chi connectivity index (χ3n) is 4.21. The van der Waals surface area contributed by atoms with E-state index in [1.165, 1.54) is 11.8 Å². The standard InChI is InChI=1S/C21H23N3O3S/c1-4-24-20(15(2)27-18-12-8-11-17(13-18)26-3)22-23-21(24)28-14-19(25)16-9-6-5-7-10-16/h5-13,15H,4,14H2,1-3H3. The summed E-state index contributed by atoms with van der Waals surface area (Å²) in [6, 6.07) is 16.7. The summed E-state index contributed by atoms with van der Waals surface area (Å²) in [6.45, 7) is 4.64. The lowest BCUT2D eigenvalue weighted by Crippen LogP contribution is -2.12. The van der Waals surface area contributed by atoms with E-state index in [1.807, 2.05) is 73.0 Å². The second-order valence-corrected chi connectivity index (χ2v) is 7.04. The van der Waals surface area contributed by atoms with E-state index >= 15 is 0 Å². The molecule has 0 saturated heterocycles. The SMILES string of the molecule is CCn1c(SCC(=O)c2ccccc2)nnc1C(C)Oc1cccc(OC)c1. The number of carbonyl (C=O) groups excluding carboxylic acids is 1. The van der Waals surface area contributed by atoms with E-state index in [0.717, 1.165) is 11.6 Å². The maximum absolute atomic E-state index is 12.3. The summed E-state index contributed by atoms with van der Waals surface area (Å²) >= 11 is 1.39. The van der Waals surface area contributed by atoms with Gasteiger partial charge in [0.15, 0.2) is 22.9 Å². The maximum Gasteiger partial charge on any atom is 0.191 e. The highest BCUT2D eigenvalue weighted by Gasteiger charge is 2.19. The molecule has 1 heterocycles. The number of nitrogens with zero attached hydrogens (tertiary/aromatic N) is 3. The fourth-order valence-corrected chi connectivity index (χ4v) is 3.68. The van der Waals surface area contributed by atoms with E-state index in [-0.39, 0.29) is 11.9 Å². The van der Waals surface area contributed by atoms with Crippen LogP contribution in [0.2, 0.25) is 0 Å². The first kappa shape index (κ1) is 19.9. The Morgan fingerprint density at radius 1 is 1.11 bits per heavy atom. The van der Waals surface area contributed by atoms with Crippen molar-refractivity contribution in [2.24, 2.45) is 0 Å². The minimum absolute atomic E-state index is 0.0680. The van der Waals surface area contributed by atoms with E-state index in [9.17, 15) is 4.79 Å². The van der Waals surface area contributed by atoms with Gasteiger partial charge in [-0.3, -0.25) is 4.79 Å². The Morgan fingerprint density at radius 2 is 1.86 bits per heavy atom. The number of hydrogen-bond acceptors (Lipinski definition) is 6. The second kappa shape index (κ2) is 9.41. The molecule has 28 heavy (non-hydrogen) atoms. The van der Waals surface area contributed by atoms with Gasteiger partial charge in [-0.25, -0.2) is 0 Å². The van der Waals surface area contributed by atoms with Crippen LogP contribution in [0.5, 0.6) is 11.5 Å². The Labute approximate surface area is 168 Å². The van der Waals surface area contributed by atoms with Gasteiger partial charge in [0.25, 0.3) is 0 Å². The molecule has 0 saturated carbocycles. The Hall–Kier alpha value is -2.80. The highest BCUT2D eigenvalue weighted by Crippen LogP contribution is 2.27. The lowest BCUT2D eigenvalue weighted by molar-refractivity contribution is 0.102. The number of rotatable bonds is 9. The van der Waals surface area contributed by atoms with Gasteiger partial charge < -0.3 is 14.0 Å². The summed E-state index contributed by atoms with van der Waals surface area (Å²) in [5.74, 6) is 2.54. The Balaban J connectivity index is 1.69. The van der Waals surface area contributed by atoms with Crippen molar-refractivity contribution in [1.82, 2.24) is 14.8 Å². The van der Waals surface area contributed by atoms with Gasteiger partial charge in [0, 0.05) is 18.2 Å². The average Bonchev–Trinajstić information content (AvgIpc) is 3.15. The molecule has 0 aliphatic heterocycles. The summed E-state index contributed by atoms with van der Waals surface area (Å²) in [5.41, 5.74) is 0.701. The van der Waals surface area contributed by atoms with Crippen molar-refractivity contribution >= 4 is 17.5 Å². The van der Waals surface area contributed by atoms with E-state index < -0.39 is 0 Å². The molecule has 1 atom stereocenters. The van der Waals surface area contributed by atoms with Crippen LogP contribution in [-0.4, -0.2) is 33.4 Å². The molecule has 0 bridgehead atoms. The number of methoxy groups -OCH3 is 1. The molecular formula is C21H23N3O3S. The predicted molar refractivity (Wildman–Crippen MR) is 109 cm³/mol. The number of thioether (sulfide) groups is 1. The number of hydrogen-bond donors (Lipinski definition) is 0. The van der Waals surface area contributed by atoms with E-state index in [2.05, 4.69) is 10.2 Å². The van der Waals surface area contributed by atoms with E-state index in [0.29, 0.717) is 28.8 Å². The number of ether oxygens (including phenoxy) is 2. The van der Waals surface area contributed by atoms with Gasteiger partial charge in [0.2, 0.25) is 0 Å². The van der Waals surface area contributed by atoms with Gasteiger partial charge in [0.05, 0.1) is 12.9 Å². The first-order valence-electron chi connectivity index (χ1n) is 9.07. The molecular weight excluding hydrogens is 374 g/mol. The number of ketones is 1. The second-order valence-electron chi connectivity index (χ2n) is 6.10. The zero-order chi connectivity index (χ0) is 19.9. The largest absolute Gasteiger partial charge is 0.497 e. The van der Waals surface area contributed by atoms with Crippen molar-refractivity contribution in [2.45, 2.75) is 31.7 Å².